The van der Waals surface area contributed by atoms with E-state index in [1.807, 2.05) is 18.2 Å². The zero-order chi connectivity index (χ0) is 9.64. The Balaban J connectivity index is 1.85. The van der Waals surface area contributed by atoms with Gasteiger partial charge in [-0.25, -0.2) is 0 Å². The second-order valence-electron chi connectivity index (χ2n) is 3.42. The quantitative estimate of drug-likeness (QED) is 0.737. The van der Waals surface area contributed by atoms with Gasteiger partial charge in [0.25, 0.3) is 0 Å². The predicted octanol–water partition coefficient (Wildman–Crippen LogP) is 2.45. The number of benzene rings is 1. The van der Waals surface area contributed by atoms with Crippen LogP contribution in [0.15, 0.2) is 42.0 Å². The summed E-state index contributed by atoms with van der Waals surface area (Å²) in [6, 6.07) is 10.2. The fraction of sp³-hybridized carbons (Fsp3) is 0.333. The minimum atomic E-state index is 0.778. The van der Waals surface area contributed by atoms with Gasteiger partial charge in [-0.1, -0.05) is 24.3 Å². The van der Waals surface area contributed by atoms with Crippen molar-refractivity contribution < 1.29 is 4.74 Å². The molecule has 1 aliphatic heterocycles. The van der Waals surface area contributed by atoms with Crippen molar-refractivity contribution in [3.8, 4) is 0 Å². The lowest BCUT2D eigenvalue weighted by molar-refractivity contribution is 0.150. The Bertz CT molecular complexity index is 305. The van der Waals surface area contributed by atoms with Crippen molar-refractivity contribution >= 4 is 5.69 Å². The smallest absolute Gasteiger partial charge is 0.0693 e. The summed E-state index contributed by atoms with van der Waals surface area (Å²) in [5, 5.41) is 3.37. The molecule has 1 N–H and O–H groups in total. The van der Waals surface area contributed by atoms with Crippen molar-refractivity contribution in [1.29, 1.82) is 0 Å². The van der Waals surface area contributed by atoms with E-state index < -0.39 is 0 Å². The Hall–Kier alpha value is -1.28. The molecule has 0 aromatic heterocycles. The highest BCUT2D eigenvalue weighted by Crippen LogP contribution is 2.09. The number of rotatable bonds is 3. The first-order chi connectivity index (χ1) is 6.95. The van der Waals surface area contributed by atoms with E-state index >= 15 is 0 Å². The number of para-hydroxylation sites is 1. The Morgan fingerprint density at radius 3 is 2.79 bits per heavy atom. The van der Waals surface area contributed by atoms with Crippen LogP contribution >= 0.6 is 0 Å². The Morgan fingerprint density at radius 1 is 1.21 bits per heavy atom. The van der Waals surface area contributed by atoms with Crippen molar-refractivity contribution in [3.05, 3.63) is 42.0 Å². The average molecular weight is 189 g/mol. The van der Waals surface area contributed by atoms with Crippen LogP contribution in [-0.2, 0) is 4.74 Å². The molecule has 0 amide bonds. The normalized spacial score (nSPS) is 16.1. The second-order valence-corrected chi connectivity index (χ2v) is 3.42. The molecule has 2 heteroatoms. The van der Waals surface area contributed by atoms with E-state index in [-0.39, 0.29) is 0 Å². The predicted molar refractivity (Wildman–Crippen MR) is 58.5 cm³/mol. The first kappa shape index (κ1) is 9.28. The molecule has 2 nitrogen and oxygen atoms in total. The van der Waals surface area contributed by atoms with Crippen molar-refractivity contribution in [2.75, 3.05) is 25.1 Å². The monoisotopic (exact) mass is 189 g/mol. The van der Waals surface area contributed by atoms with Gasteiger partial charge in [-0.05, 0) is 24.1 Å². The molecule has 74 valence electrons. The summed E-state index contributed by atoms with van der Waals surface area (Å²) in [7, 11) is 0. The van der Waals surface area contributed by atoms with Gasteiger partial charge in [-0.3, -0.25) is 0 Å². The van der Waals surface area contributed by atoms with Crippen LogP contribution in [0.5, 0.6) is 0 Å². The molecular formula is C12H15NO. The minimum absolute atomic E-state index is 0.778. The van der Waals surface area contributed by atoms with Crippen LogP contribution < -0.4 is 5.32 Å². The summed E-state index contributed by atoms with van der Waals surface area (Å²) in [5.41, 5.74) is 2.51. The molecule has 0 aliphatic carbocycles. The SMILES string of the molecule is C1=C(CNc2ccccc2)COCC1. The van der Waals surface area contributed by atoms with Crippen LogP contribution in [0.1, 0.15) is 6.42 Å². The number of hydrogen-bond acceptors (Lipinski definition) is 2. The van der Waals surface area contributed by atoms with Gasteiger partial charge in [0, 0.05) is 12.2 Å². The third kappa shape index (κ3) is 2.60. The number of anilines is 1. The standard InChI is InChI=1S/C12H15NO/c1-2-6-12(7-3-1)13-9-11-5-4-8-14-10-11/h1-3,5-7,13H,4,8-10H2. The summed E-state index contributed by atoms with van der Waals surface area (Å²) < 4.78 is 5.36. The number of hydrogen-bond donors (Lipinski definition) is 1. The molecule has 0 atom stereocenters. The Morgan fingerprint density at radius 2 is 2.07 bits per heavy atom. The summed E-state index contributed by atoms with van der Waals surface area (Å²) in [5.74, 6) is 0. The molecular weight excluding hydrogens is 174 g/mol. The molecule has 1 aromatic carbocycles. The summed E-state index contributed by atoms with van der Waals surface area (Å²) in [6.45, 7) is 2.54. The third-order valence-corrected chi connectivity index (χ3v) is 2.28. The van der Waals surface area contributed by atoms with E-state index in [9.17, 15) is 0 Å². The number of ether oxygens (including phenoxy) is 1. The lowest BCUT2D eigenvalue weighted by atomic mass is 10.2. The molecule has 0 fully saturated rings. The molecule has 1 heterocycles. The van der Waals surface area contributed by atoms with E-state index in [0.29, 0.717) is 0 Å². The largest absolute Gasteiger partial charge is 0.381 e. The maximum Gasteiger partial charge on any atom is 0.0693 e. The molecule has 1 aromatic rings. The van der Waals surface area contributed by atoms with Crippen molar-refractivity contribution in [3.63, 3.8) is 0 Å². The lowest BCUT2D eigenvalue weighted by Crippen LogP contribution is -2.13. The summed E-state index contributed by atoms with van der Waals surface area (Å²) >= 11 is 0. The van der Waals surface area contributed by atoms with Crippen LogP contribution in [0.25, 0.3) is 0 Å². The van der Waals surface area contributed by atoms with Gasteiger partial charge in [-0.2, -0.15) is 0 Å². The van der Waals surface area contributed by atoms with Crippen LogP contribution in [0, 0.1) is 0 Å². The molecule has 14 heavy (non-hydrogen) atoms. The fourth-order valence-corrected chi connectivity index (χ4v) is 1.50. The van der Waals surface area contributed by atoms with E-state index in [4.69, 9.17) is 4.74 Å². The third-order valence-electron chi connectivity index (χ3n) is 2.28. The Labute approximate surface area is 84.6 Å². The van der Waals surface area contributed by atoms with Crippen LogP contribution in [-0.4, -0.2) is 19.8 Å². The van der Waals surface area contributed by atoms with Gasteiger partial charge in [0.15, 0.2) is 0 Å². The highest BCUT2D eigenvalue weighted by Gasteiger charge is 2.02. The minimum Gasteiger partial charge on any atom is -0.381 e. The second kappa shape index (κ2) is 4.82. The Kier molecular flexibility index (Phi) is 3.19. The maximum absolute atomic E-state index is 5.36. The van der Waals surface area contributed by atoms with Crippen molar-refractivity contribution in [2.45, 2.75) is 6.42 Å². The van der Waals surface area contributed by atoms with Crippen LogP contribution in [0.2, 0.25) is 0 Å². The van der Waals surface area contributed by atoms with Crippen molar-refractivity contribution in [1.82, 2.24) is 0 Å². The molecule has 0 saturated carbocycles. The van der Waals surface area contributed by atoms with Crippen LogP contribution in [0.3, 0.4) is 0 Å². The molecule has 0 spiro atoms. The number of nitrogens with one attached hydrogen (secondary N) is 1. The summed E-state index contributed by atoms with van der Waals surface area (Å²) in [4.78, 5) is 0. The maximum atomic E-state index is 5.36. The van der Waals surface area contributed by atoms with Gasteiger partial charge in [0.1, 0.15) is 0 Å². The van der Waals surface area contributed by atoms with E-state index in [2.05, 4.69) is 23.5 Å². The fourth-order valence-electron chi connectivity index (χ4n) is 1.50. The molecule has 0 unspecified atom stereocenters. The average Bonchev–Trinajstić information content (AvgIpc) is 2.29. The highest BCUT2D eigenvalue weighted by atomic mass is 16.5. The van der Waals surface area contributed by atoms with E-state index in [0.717, 1.165) is 26.2 Å². The van der Waals surface area contributed by atoms with E-state index in [1.165, 1.54) is 11.3 Å². The lowest BCUT2D eigenvalue weighted by Gasteiger charge is -2.14. The molecule has 0 bridgehead atoms. The van der Waals surface area contributed by atoms with Gasteiger partial charge in [-0.15, -0.1) is 0 Å². The van der Waals surface area contributed by atoms with Gasteiger partial charge < -0.3 is 10.1 Å². The molecule has 1 aliphatic rings. The van der Waals surface area contributed by atoms with Crippen LogP contribution in [0.4, 0.5) is 5.69 Å². The zero-order valence-corrected chi connectivity index (χ0v) is 8.20. The first-order valence-electron chi connectivity index (χ1n) is 5.00. The molecule has 0 saturated heterocycles. The van der Waals surface area contributed by atoms with Crippen molar-refractivity contribution in [2.24, 2.45) is 0 Å². The molecule has 0 radical (unpaired) electrons. The van der Waals surface area contributed by atoms with E-state index in [1.54, 1.807) is 0 Å². The molecule has 2 rings (SSSR count). The van der Waals surface area contributed by atoms with Gasteiger partial charge in [0.05, 0.1) is 13.2 Å². The first-order valence-corrected chi connectivity index (χ1v) is 5.00. The highest BCUT2D eigenvalue weighted by molar-refractivity contribution is 5.43. The van der Waals surface area contributed by atoms with Gasteiger partial charge in [0.2, 0.25) is 0 Å². The summed E-state index contributed by atoms with van der Waals surface area (Å²) in [6.07, 6.45) is 3.31. The zero-order valence-electron chi connectivity index (χ0n) is 8.20. The van der Waals surface area contributed by atoms with Gasteiger partial charge >= 0.3 is 0 Å². The topological polar surface area (TPSA) is 21.3 Å².